The van der Waals surface area contributed by atoms with Crippen molar-refractivity contribution in [3.05, 3.63) is 50.6 Å². The zero-order valence-corrected chi connectivity index (χ0v) is 9.84. The summed E-state index contributed by atoms with van der Waals surface area (Å²) in [6.07, 6.45) is 0.772. The second-order valence-electron chi connectivity index (χ2n) is 4.67. The lowest BCUT2D eigenvalue weighted by Crippen LogP contribution is -2.19. The third-order valence-corrected chi connectivity index (χ3v) is 3.64. The molecule has 0 aliphatic carbocycles. The lowest BCUT2D eigenvalue weighted by atomic mass is 10.1. The predicted molar refractivity (Wildman–Crippen MR) is 69.6 cm³/mol. The molecule has 0 saturated carbocycles. The molecule has 94 valence electrons. The Hall–Kier alpha value is -2.56. The highest BCUT2D eigenvalue weighted by Crippen LogP contribution is 2.31. The Morgan fingerprint density at radius 3 is 2.95 bits per heavy atom. The van der Waals surface area contributed by atoms with Crippen molar-refractivity contribution in [1.82, 2.24) is 4.57 Å². The number of hydrogen-bond donors (Lipinski definition) is 1. The highest BCUT2D eigenvalue weighted by atomic mass is 16.4. The number of aromatic nitrogens is 1. The topological polar surface area (TPSA) is 72.4 Å². The summed E-state index contributed by atoms with van der Waals surface area (Å²) in [6.45, 7) is 0.586. The molecule has 0 unspecified atom stereocenters. The maximum absolute atomic E-state index is 12.4. The predicted octanol–water partition coefficient (Wildman–Crippen LogP) is 1.37. The van der Waals surface area contributed by atoms with Gasteiger partial charge in [-0.05, 0) is 18.1 Å². The number of aryl methyl sites for hydroxylation is 2. The van der Waals surface area contributed by atoms with E-state index in [2.05, 4.69) is 0 Å². The van der Waals surface area contributed by atoms with Crippen LogP contribution in [0.25, 0.3) is 21.9 Å². The molecule has 5 nitrogen and oxygen atoms in total. The normalized spacial score (nSPS) is 13.5. The van der Waals surface area contributed by atoms with Gasteiger partial charge in [-0.3, -0.25) is 4.79 Å². The fourth-order valence-electron chi connectivity index (χ4n) is 2.85. The van der Waals surface area contributed by atoms with Gasteiger partial charge in [0.25, 0.3) is 5.56 Å². The molecule has 4 rings (SSSR count). The van der Waals surface area contributed by atoms with Crippen LogP contribution in [0, 0.1) is 0 Å². The Bertz CT molecular complexity index is 965. The first-order valence-electron chi connectivity index (χ1n) is 5.98. The summed E-state index contributed by atoms with van der Waals surface area (Å²) in [5, 5.41) is 10.6. The van der Waals surface area contributed by atoms with E-state index < -0.39 is 5.63 Å². The van der Waals surface area contributed by atoms with Crippen LogP contribution in [0.1, 0.15) is 5.56 Å². The van der Waals surface area contributed by atoms with E-state index in [9.17, 15) is 14.7 Å². The highest BCUT2D eigenvalue weighted by molar-refractivity contribution is 6.05. The molecule has 3 heterocycles. The number of nitrogens with zero attached hydrogens (tertiary/aromatic N) is 1. The van der Waals surface area contributed by atoms with Gasteiger partial charge in [-0.2, -0.15) is 0 Å². The van der Waals surface area contributed by atoms with Crippen LogP contribution in [0.4, 0.5) is 0 Å². The van der Waals surface area contributed by atoms with E-state index in [0.717, 1.165) is 23.6 Å². The summed E-state index contributed by atoms with van der Waals surface area (Å²) >= 11 is 0. The molecule has 0 bridgehead atoms. The number of rotatable bonds is 0. The molecule has 2 aromatic heterocycles. The Morgan fingerprint density at radius 1 is 1.26 bits per heavy atom. The van der Waals surface area contributed by atoms with Gasteiger partial charge in [0.2, 0.25) is 0 Å². The van der Waals surface area contributed by atoms with Crippen LogP contribution in [0.2, 0.25) is 0 Å². The summed E-state index contributed by atoms with van der Waals surface area (Å²) in [7, 11) is 0. The molecule has 0 radical (unpaired) electrons. The Morgan fingerprint density at radius 2 is 2.11 bits per heavy atom. The summed E-state index contributed by atoms with van der Waals surface area (Å²) < 4.78 is 6.78. The molecule has 0 fully saturated rings. The zero-order valence-electron chi connectivity index (χ0n) is 9.84. The Balaban J connectivity index is 2.45. The molecular weight excluding hydrogens is 246 g/mol. The number of benzene rings is 1. The van der Waals surface area contributed by atoms with Crippen LogP contribution in [-0.4, -0.2) is 9.67 Å². The molecule has 0 saturated heterocycles. The van der Waals surface area contributed by atoms with Gasteiger partial charge in [0.15, 0.2) is 5.58 Å². The van der Waals surface area contributed by atoms with Crippen LogP contribution in [0.5, 0.6) is 5.75 Å². The van der Waals surface area contributed by atoms with Gasteiger partial charge in [-0.15, -0.1) is 0 Å². The second kappa shape index (κ2) is 3.26. The highest BCUT2D eigenvalue weighted by Gasteiger charge is 2.21. The smallest absolute Gasteiger partial charge is 0.339 e. The van der Waals surface area contributed by atoms with Gasteiger partial charge in [0, 0.05) is 11.9 Å². The van der Waals surface area contributed by atoms with Gasteiger partial charge in [-0.1, -0.05) is 12.1 Å². The van der Waals surface area contributed by atoms with Crippen molar-refractivity contribution in [1.29, 1.82) is 0 Å². The number of fused-ring (bicyclic) bond motifs is 2. The Kier molecular flexibility index (Phi) is 1.78. The van der Waals surface area contributed by atoms with E-state index in [0.29, 0.717) is 11.9 Å². The molecule has 0 spiro atoms. The average molecular weight is 255 g/mol. The van der Waals surface area contributed by atoms with Crippen molar-refractivity contribution >= 4 is 21.9 Å². The van der Waals surface area contributed by atoms with Crippen LogP contribution >= 0.6 is 0 Å². The van der Waals surface area contributed by atoms with Crippen molar-refractivity contribution in [2.45, 2.75) is 13.0 Å². The largest absolute Gasteiger partial charge is 0.507 e. The van der Waals surface area contributed by atoms with Crippen molar-refractivity contribution in [3.63, 3.8) is 0 Å². The van der Waals surface area contributed by atoms with Crippen LogP contribution in [0.3, 0.4) is 0 Å². The molecule has 3 aromatic rings. The van der Waals surface area contributed by atoms with Crippen LogP contribution < -0.4 is 11.2 Å². The van der Waals surface area contributed by atoms with Gasteiger partial charge < -0.3 is 14.1 Å². The molecule has 1 N–H and O–H groups in total. The minimum Gasteiger partial charge on any atom is -0.507 e. The maximum Gasteiger partial charge on any atom is 0.339 e. The van der Waals surface area contributed by atoms with Gasteiger partial charge >= 0.3 is 5.63 Å². The molecule has 0 amide bonds. The third-order valence-electron chi connectivity index (χ3n) is 3.64. The lowest BCUT2D eigenvalue weighted by Gasteiger charge is -2.07. The summed E-state index contributed by atoms with van der Waals surface area (Å²) in [4.78, 5) is 23.8. The van der Waals surface area contributed by atoms with Crippen LogP contribution in [0.15, 0.2) is 38.3 Å². The molecule has 1 aromatic carbocycles. The number of aromatic hydroxyl groups is 1. The lowest BCUT2D eigenvalue weighted by molar-refractivity contribution is 0.467. The summed E-state index contributed by atoms with van der Waals surface area (Å²) in [5.74, 6) is -0.320. The third kappa shape index (κ3) is 1.19. The Labute approximate surface area is 106 Å². The second-order valence-corrected chi connectivity index (χ2v) is 4.67. The standard InChI is InChI=1S/C14H9NO4/c16-9-6-10(17)19-13-8-3-1-2-7-4-5-15(12(7)8)14(18)11(9)13/h1-3,6,16H,4-5H2. The first-order chi connectivity index (χ1) is 9.16. The number of pyridine rings is 1. The SMILES string of the molecule is O=c1cc(O)c2c(=O)n3c4c(cccc4c2o1)CC3. The molecular formula is C14H9NO4. The first kappa shape index (κ1) is 10.4. The molecule has 1 aliphatic heterocycles. The molecule has 5 heteroatoms. The van der Waals surface area contributed by atoms with Crippen molar-refractivity contribution < 1.29 is 9.52 Å². The maximum atomic E-state index is 12.4. The quantitative estimate of drug-likeness (QED) is 0.616. The van der Waals surface area contributed by atoms with E-state index in [1.807, 2.05) is 12.1 Å². The van der Waals surface area contributed by atoms with Crippen molar-refractivity contribution in [2.75, 3.05) is 0 Å². The minimum atomic E-state index is -0.659. The van der Waals surface area contributed by atoms with E-state index >= 15 is 0 Å². The van der Waals surface area contributed by atoms with Gasteiger partial charge in [0.1, 0.15) is 11.1 Å². The zero-order chi connectivity index (χ0) is 13.1. The molecule has 0 atom stereocenters. The fourth-order valence-corrected chi connectivity index (χ4v) is 2.85. The van der Waals surface area contributed by atoms with E-state index in [4.69, 9.17) is 4.42 Å². The van der Waals surface area contributed by atoms with Gasteiger partial charge in [0.05, 0.1) is 11.6 Å². The molecule has 19 heavy (non-hydrogen) atoms. The molecule has 1 aliphatic rings. The van der Waals surface area contributed by atoms with Crippen molar-refractivity contribution in [2.24, 2.45) is 0 Å². The van der Waals surface area contributed by atoms with Crippen molar-refractivity contribution in [3.8, 4) is 5.75 Å². The number of hydrogen-bond acceptors (Lipinski definition) is 4. The monoisotopic (exact) mass is 255 g/mol. The van der Waals surface area contributed by atoms with E-state index in [-0.39, 0.29) is 22.3 Å². The summed E-state index contributed by atoms with van der Waals surface area (Å²) in [6, 6.07) is 6.55. The first-order valence-corrected chi connectivity index (χ1v) is 5.98. The number of para-hydroxylation sites is 1. The summed E-state index contributed by atoms with van der Waals surface area (Å²) in [5.41, 5.74) is 1.06. The fraction of sp³-hybridized carbons (Fsp3) is 0.143. The van der Waals surface area contributed by atoms with E-state index in [1.165, 1.54) is 0 Å². The van der Waals surface area contributed by atoms with E-state index in [1.54, 1.807) is 10.6 Å². The van der Waals surface area contributed by atoms with Gasteiger partial charge in [-0.25, -0.2) is 4.79 Å². The average Bonchev–Trinajstić information content (AvgIpc) is 2.80. The van der Waals surface area contributed by atoms with Crippen LogP contribution in [-0.2, 0) is 13.0 Å². The minimum absolute atomic E-state index is 0.0751.